The molecular weight excluding hydrogens is 502 g/mol. The smallest absolute Gasteiger partial charge is 0.155 e. The van der Waals surface area contributed by atoms with Gasteiger partial charge >= 0.3 is 0 Å². The molecule has 192 valence electrons. The first-order chi connectivity index (χ1) is 19.2. The van der Waals surface area contributed by atoms with Crippen LogP contribution in [0.1, 0.15) is 16.7 Å². The molecule has 0 fully saturated rings. The average molecular weight is 530 g/mol. The van der Waals surface area contributed by atoms with Crippen LogP contribution >= 0.6 is 11.6 Å². The molecule has 0 amide bonds. The van der Waals surface area contributed by atoms with Gasteiger partial charge in [-0.05, 0) is 46.5 Å². The van der Waals surface area contributed by atoms with Crippen molar-refractivity contribution < 1.29 is 4.74 Å². The van der Waals surface area contributed by atoms with Crippen LogP contribution in [0.2, 0.25) is 5.02 Å². The highest BCUT2D eigenvalue weighted by Gasteiger charge is 2.40. The number of fused-ring (bicyclic) bond motifs is 1. The SMILES string of the molecule is CNc1nn(C(c2ccccc2)(c2ccccc2)c2ccccc2)c2ccc(-c3c(Cl)cccc3OC)cc12. The molecule has 1 aromatic heterocycles. The second-order valence-electron chi connectivity index (χ2n) is 9.37. The van der Waals surface area contributed by atoms with Crippen molar-refractivity contribution in [2.45, 2.75) is 5.54 Å². The Labute approximate surface area is 233 Å². The first-order valence-electron chi connectivity index (χ1n) is 12.9. The molecule has 39 heavy (non-hydrogen) atoms. The van der Waals surface area contributed by atoms with Crippen LogP contribution in [0.4, 0.5) is 5.82 Å². The summed E-state index contributed by atoms with van der Waals surface area (Å²) in [5, 5.41) is 10.2. The molecule has 0 unspecified atom stereocenters. The van der Waals surface area contributed by atoms with Gasteiger partial charge in [0, 0.05) is 18.0 Å². The molecule has 0 atom stereocenters. The van der Waals surface area contributed by atoms with E-state index in [0.717, 1.165) is 50.3 Å². The zero-order chi connectivity index (χ0) is 26.8. The molecule has 1 N–H and O–H groups in total. The third-order valence-corrected chi connectivity index (χ3v) is 7.61. The van der Waals surface area contributed by atoms with Gasteiger partial charge in [0.15, 0.2) is 5.82 Å². The number of methoxy groups -OCH3 is 1. The Morgan fingerprint density at radius 1 is 0.718 bits per heavy atom. The Balaban J connectivity index is 1.71. The third-order valence-electron chi connectivity index (χ3n) is 7.29. The van der Waals surface area contributed by atoms with Crippen LogP contribution in [-0.2, 0) is 5.54 Å². The van der Waals surface area contributed by atoms with E-state index in [1.807, 2.05) is 43.4 Å². The van der Waals surface area contributed by atoms with Gasteiger partial charge in [-0.3, -0.25) is 0 Å². The summed E-state index contributed by atoms with van der Waals surface area (Å²) in [5.74, 6) is 1.51. The Morgan fingerprint density at radius 2 is 1.28 bits per heavy atom. The van der Waals surface area contributed by atoms with Gasteiger partial charge in [-0.2, -0.15) is 5.10 Å². The summed E-state index contributed by atoms with van der Waals surface area (Å²) >= 11 is 6.67. The van der Waals surface area contributed by atoms with E-state index in [2.05, 4.69) is 101 Å². The van der Waals surface area contributed by atoms with Gasteiger partial charge < -0.3 is 10.1 Å². The zero-order valence-corrected chi connectivity index (χ0v) is 22.6. The number of benzene rings is 5. The van der Waals surface area contributed by atoms with E-state index in [9.17, 15) is 0 Å². The zero-order valence-electron chi connectivity index (χ0n) is 21.8. The van der Waals surface area contributed by atoms with Gasteiger partial charge in [-0.15, -0.1) is 0 Å². The molecule has 0 radical (unpaired) electrons. The molecule has 5 heteroatoms. The molecule has 0 saturated carbocycles. The predicted molar refractivity (Wildman–Crippen MR) is 161 cm³/mol. The standard InChI is InChI=1S/C34H28ClN3O/c1-36-33-28-23-24(32-29(35)19-12-20-31(32)39-2)21-22-30(28)38(37-33)34(25-13-6-3-7-14-25,26-15-8-4-9-16-26)27-17-10-5-11-18-27/h3-23H,1-2H3,(H,36,37). The Bertz CT molecular complexity index is 1630. The van der Waals surface area contributed by atoms with Crippen molar-refractivity contribution in [3.05, 3.63) is 149 Å². The molecule has 1 heterocycles. The number of nitrogens with zero attached hydrogens (tertiary/aromatic N) is 2. The summed E-state index contributed by atoms with van der Waals surface area (Å²) in [4.78, 5) is 0. The number of anilines is 1. The summed E-state index contributed by atoms with van der Waals surface area (Å²) in [6.07, 6.45) is 0. The highest BCUT2D eigenvalue weighted by molar-refractivity contribution is 6.33. The van der Waals surface area contributed by atoms with Crippen molar-refractivity contribution in [1.82, 2.24) is 9.78 Å². The van der Waals surface area contributed by atoms with Crippen LogP contribution in [0.25, 0.3) is 22.0 Å². The number of hydrogen-bond donors (Lipinski definition) is 1. The summed E-state index contributed by atoms with van der Waals surface area (Å²) in [5.41, 5.74) is 5.44. The average Bonchev–Trinajstić information content (AvgIpc) is 3.37. The summed E-state index contributed by atoms with van der Waals surface area (Å²) in [6.45, 7) is 0. The third kappa shape index (κ3) is 4.05. The number of hydrogen-bond acceptors (Lipinski definition) is 3. The van der Waals surface area contributed by atoms with Crippen molar-refractivity contribution in [3.8, 4) is 16.9 Å². The number of rotatable bonds is 7. The minimum atomic E-state index is -0.721. The first kappa shape index (κ1) is 24.8. The van der Waals surface area contributed by atoms with E-state index < -0.39 is 5.54 Å². The minimum absolute atomic E-state index is 0.638. The largest absolute Gasteiger partial charge is 0.496 e. The van der Waals surface area contributed by atoms with Gasteiger partial charge in [-0.1, -0.05) is 115 Å². The maximum atomic E-state index is 6.67. The van der Waals surface area contributed by atoms with E-state index >= 15 is 0 Å². The molecule has 0 saturated heterocycles. The Hall–Kier alpha value is -4.54. The fourth-order valence-electron chi connectivity index (χ4n) is 5.57. The lowest BCUT2D eigenvalue weighted by Crippen LogP contribution is -2.38. The maximum absolute atomic E-state index is 6.67. The molecular formula is C34H28ClN3O. The topological polar surface area (TPSA) is 39.1 Å². The van der Waals surface area contributed by atoms with Crippen LogP contribution < -0.4 is 10.1 Å². The van der Waals surface area contributed by atoms with Crippen molar-refractivity contribution >= 4 is 28.3 Å². The Kier molecular flexibility index (Phi) is 6.55. The monoisotopic (exact) mass is 529 g/mol. The minimum Gasteiger partial charge on any atom is -0.496 e. The second-order valence-corrected chi connectivity index (χ2v) is 9.78. The number of aromatic nitrogens is 2. The lowest BCUT2D eigenvalue weighted by Gasteiger charge is -2.37. The molecule has 0 aliphatic carbocycles. The number of nitrogens with one attached hydrogen (secondary N) is 1. The van der Waals surface area contributed by atoms with Gasteiger partial charge in [0.25, 0.3) is 0 Å². The van der Waals surface area contributed by atoms with Crippen LogP contribution in [0, 0.1) is 0 Å². The Morgan fingerprint density at radius 3 is 1.79 bits per heavy atom. The van der Waals surface area contributed by atoms with Crippen molar-refractivity contribution in [1.29, 1.82) is 0 Å². The van der Waals surface area contributed by atoms with E-state index in [1.165, 1.54) is 0 Å². The molecule has 4 nitrogen and oxygen atoms in total. The van der Waals surface area contributed by atoms with Crippen molar-refractivity contribution in [2.75, 3.05) is 19.5 Å². The summed E-state index contributed by atoms with van der Waals surface area (Å²) in [6, 6.07) is 43.8. The fourth-order valence-corrected chi connectivity index (χ4v) is 5.85. The van der Waals surface area contributed by atoms with E-state index in [4.69, 9.17) is 21.4 Å². The number of halogens is 1. The maximum Gasteiger partial charge on any atom is 0.155 e. The van der Waals surface area contributed by atoms with Gasteiger partial charge in [0.1, 0.15) is 11.3 Å². The quantitative estimate of drug-likeness (QED) is 0.212. The predicted octanol–water partition coefficient (Wildman–Crippen LogP) is 8.25. The van der Waals surface area contributed by atoms with Crippen LogP contribution in [0.3, 0.4) is 0 Å². The summed E-state index contributed by atoms with van der Waals surface area (Å²) < 4.78 is 7.82. The van der Waals surface area contributed by atoms with Crippen LogP contribution in [0.5, 0.6) is 5.75 Å². The van der Waals surface area contributed by atoms with Gasteiger partial charge in [0.05, 0.1) is 17.6 Å². The van der Waals surface area contributed by atoms with Gasteiger partial charge in [-0.25, -0.2) is 4.68 Å². The van der Waals surface area contributed by atoms with E-state index in [-0.39, 0.29) is 0 Å². The van der Waals surface area contributed by atoms with Gasteiger partial charge in [0.2, 0.25) is 0 Å². The summed E-state index contributed by atoms with van der Waals surface area (Å²) in [7, 11) is 3.57. The molecule has 6 aromatic rings. The van der Waals surface area contributed by atoms with Crippen molar-refractivity contribution in [2.24, 2.45) is 0 Å². The first-order valence-corrected chi connectivity index (χ1v) is 13.3. The lowest BCUT2D eigenvalue weighted by molar-refractivity contribution is 0.416. The second kappa shape index (κ2) is 10.3. The lowest BCUT2D eigenvalue weighted by atomic mass is 9.77. The highest BCUT2D eigenvalue weighted by Crippen LogP contribution is 2.45. The molecule has 6 rings (SSSR count). The van der Waals surface area contributed by atoms with E-state index in [1.54, 1.807) is 7.11 Å². The molecule has 0 aliphatic rings. The van der Waals surface area contributed by atoms with Crippen LogP contribution in [-0.4, -0.2) is 23.9 Å². The number of ether oxygens (including phenoxy) is 1. The molecule has 0 aliphatic heterocycles. The van der Waals surface area contributed by atoms with E-state index in [0.29, 0.717) is 5.02 Å². The molecule has 0 bridgehead atoms. The molecule has 5 aromatic carbocycles. The normalized spacial score (nSPS) is 11.5. The van der Waals surface area contributed by atoms with Crippen molar-refractivity contribution in [3.63, 3.8) is 0 Å². The molecule has 0 spiro atoms. The van der Waals surface area contributed by atoms with Crippen LogP contribution in [0.15, 0.2) is 127 Å². The fraction of sp³-hybridized carbons (Fsp3) is 0.0882. The highest BCUT2D eigenvalue weighted by atomic mass is 35.5.